The number of rotatable bonds is 4. The van der Waals surface area contributed by atoms with Crippen molar-refractivity contribution >= 4 is 33.0 Å². The predicted molar refractivity (Wildman–Crippen MR) is 105 cm³/mol. The number of hydrogen-bond acceptors (Lipinski definition) is 5. The van der Waals surface area contributed by atoms with Crippen LogP contribution >= 0.6 is 11.6 Å². The Balaban J connectivity index is 1.88. The maximum atomic E-state index is 13.0. The molecule has 2 aromatic carbocycles. The summed E-state index contributed by atoms with van der Waals surface area (Å²) >= 11 is 5.82. The van der Waals surface area contributed by atoms with Crippen LogP contribution in [0.2, 0.25) is 5.02 Å². The Morgan fingerprint density at radius 2 is 1.57 bits per heavy atom. The van der Waals surface area contributed by atoms with Crippen molar-refractivity contribution < 1.29 is 31.1 Å². The highest BCUT2D eigenvalue weighted by Crippen LogP contribution is 2.34. The van der Waals surface area contributed by atoms with Crippen molar-refractivity contribution in [2.24, 2.45) is 0 Å². The van der Waals surface area contributed by atoms with Crippen LogP contribution in [0.15, 0.2) is 52.3 Å². The van der Waals surface area contributed by atoms with Crippen molar-refractivity contribution in [1.82, 2.24) is 4.90 Å². The second kappa shape index (κ2) is 8.35. The summed E-state index contributed by atoms with van der Waals surface area (Å²) in [5.41, 5.74) is 0.423. The summed E-state index contributed by atoms with van der Waals surface area (Å²) in [6.45, 7) is -0.0867. The van der Waals surface area contributed by atoms with Crippen LogP contribution in [-0.2, 0) is 14.6 Å². The maximum absolute atomic E-state index is 13.0. The van der Waals surface area contributed by atoms with E-state index < -0.39 is 21.9 Å². The van der Waals surface area contributed by atoms with Crippen LogP contribution in [0, 0.1) is 0 Å². The minimum absolute atomic E-state index is 0.00872. The zero-order valence-electron chi connectivity index (χ0n) is 15.8. The Kier molecular flexibility index (Phi) is 6.19. The number of anilines is 1. The summed E-state index contributed by atoms with van der Waals surface area (Å²) in [5, 5.41) is 0.399. The Morgan fingerprint density at radius 3 is 2.10 bits per heavy atom. The van der Waals surface area contributed by atoms with Crippen molar-refractivity contribution in [2.45, 2.75) is 16.0 Å². The number of carbonyl (C=O) groups excluding carboxylic acids is 1. The average molecular weight is 463 g/mol. The normalized spacial score (nSPS) is 15.2. The molecule has 2 aromatic rings. The van der Waals surface area contributed by atoms with Crippen LogP contribution in [0.4, 0.5) is 18.9 Å². The Labute approximate surface area is 176 Å². The standard InChI is InChI=1S/C19H18ClF3N2O4S/c1-29-17-7-6-15(30(27,28)14-4-2-13(20)3-5-14)12-16(17)24-8-10-25(11-9-24)18(26)19(21,22)23/h2-7,12H,8-11H2,1H3. The summed E-state index contributed by atoms with van der Waals surface area (Å²) in [6.07, 6.45) is -4.92. The first-order chi connectivity index (χ1) is 14.0. The van der Waals surface area contributed by atoms with E-state index in [0.29, 0.717) is 16.5 Å². The summed E-state index contributed by atoms with van der Waals surface area (Å²) < 4.78 is 69.1. The number of piperazine rings is 1. The highest BCUT2D eigenvalue weighted by Gasteiger charge is 2.43. The third-order valence-electron chi connectivity index (χ3n) is 4.73. The number of ether oxygens (including phenoxy) is 1. The molecular formula is C19H18ClF3N2O4S. The van der Waals surface area contributed by atoms with Gasteiger partial charge in [-0.3, -0.25) is 4.79 Å². The molecule has 1 heterocycles. The molecule has 0 N–H and O–H groups in total. The van der Waals surface area contributed by atoms with E-state index in [4.69, 9.17) is 16.3 Å². The first-order valence-electron chi connectivity index (χ1n) is 8.84. The van der Waals surface area contributed by atoms with Gasteiger partial charge in [-0.1, -0.05) is 11.6 Å². The SMILES string of the molecule is COc1ccc(S(=O)(=O)c2ccc(Cl)cc2)cc1N1CCN(C(=O)C(F)(F)F)CC1. The first-order valence-corrected chi connectivity index (χ1v) is 10.7. The van der Waals surface area contributed by atoms with Gasteiger partial charge in [-0.25, -0.2) is 8.42 Å². The van der Waals surface area contributed by atoms with Gasteiger partial charge in [0.05, 0.1) is 22.6 Å². The maximum Gasteiger partial charge on any atom is 0.471 e. The molecule has 0 spiro atoms. The number of alkyl halides is 3. The van der Waals surface area contributed by atoms with Crippen LogP contribution in [0.5, 0.6) is 5.75 Å². The number of methoxy groups -OCH3 is 1. The molecule has 11 heteroatoms. The van der Waals surface area contributed by atoms with Crippen molar-refractivity contribution in [3.63, 3.8) is 0 Å². The fourth-order valence-corrected chi connectivity index (χ4v) is 4.57. The number of benzene rings is 2. The lowest BCUT2D eigenvalue weighted by Crippen LogP contribution is -2.52. The largest absolute Gasteiger partial charge is 0.495 e. The summed E-state index contributed by atoms with van der Waals surface area (Å²) in [4.78, 5) is 13.9. The molecule has 0 unspecified atom stereocenters. The molecule has 0 atom stereocenters. The zero-order valence-corrected chi connectivity index (χ0v) is 17.4. The van der Waals surface area contributed by atoms with Gasteiger partial charge in [0.2, 0.25) is 9.84 Å². The van der Waals surface area contributed by atoms with Crippen LogP contribution < -0.4 is 9.64 Å². The molecule has 0 aromatic heterocycles. The van der Waals surface area contributed by atoms with Gasteiger partial charge in [0, 0.05) is 31.2 Å². The molecule has 1 aliphatic rings. The number of halogens is 4. The van der Waals surface area contributed by atoms with Gasteiger partial charge in [-0.15, -0.1) is 0 Å². The smallest absolute Gasteiger partial charge is 0.471 e. The molecule has 0 aliphatic carbocycles. The van der Waals surface area contributed by atoms with E-state index in [9.17, 15) is 26.4 Å². The van der Waals surface area contributed by atoms with Gasteiger partial charge in [0.1, 0.15) is 5.75 Å². The lowest BCUT2D eigenvalue weighted by Gasteiger charge is -2.36. The molecule has 0 radical (unpaired) electrons. The average Bonchev–Trinajstić information content (AvgIpc) is 2.72. The monoisotopic (exact) mass is 462 g/mol. The molecule has 1 amide bonds. The van der Waals surface area contributed by atoms with E-state index in [2.05, 4.69) is 0 Å². The van der Waals surface area contributed by atoms with Crippen molar-refractivity contribution in [3.8, 4) is 5.75 Å². The van der Waals surface area contributed by atoms with Gasteiger partial charge in [-0.05, 0) is 42.5 Å². The van der Waals surface area contributed by atoms with Crippen LogP contribution in [0.3, 0.4) is 0 Å². The number of carbonyl (C=O) groups is 1. The van der Waals surface area contributed by atoms with E-state index in [1.807, 2.05) is 0 Å². The second-order valence-corrected chi connectivity index (χ2v) is 8.95. The molecular weight excluding hydrogens is 445 g/mol. The molecule has 3 rings (SSSR count). The lowest BCUT2D eigenvalue weighted by atomic mass is 10.2. The van der Waals surface area contributed by atoms with Crippen molar-refractivity contribution in [2.75, 3.05) is 38.2 Å². The minimum Gasteiger partial charge on any atom is -0.495 e. The van der Waals surface area contributed by atoms with E-state index in [1.165, 1.54) is 49.6 Å². The summed E-state index contributed by atoms with van der Waals surface area (Å²) in [6, 6.07) is 10.0. The molecule has 30 heavy (non-hydrogen) atoms. The second-order valence-electron chi connectivity index (χ2n) is 6.57. The highest BCUT2D eigenvalue weighted by molar-refractivity contribution is 7.91. The van der Waals surface area contributed by atoms with Gasteiger partial charge in [-0.2, -0.15) is 13.2 Å². The fourth-order valence-electron chi connectivity index (χ4n) is 3.16. The molecule has 1 fully saturated rings. The molecule has 0 bridgehead atoms. The number of sulfone groups is 1. The molecule has 6 nitrogen and oxygen atoms in total. The van der Waals surface area contributed by atoms with Crippen LogP contribution in [-0.4, -0.2) is 58.7 Å². The van der Waals surface area contributed by atoms with E-state index >= 15 is 0 Å². The molecule has 162 valence electrons. The quantitative estimate of drug-likeness (QED) is 0.696. The number of amides is 1. The van der Waals surface area contributed by atoms with Crippen LogP contribution in [0.25, 0.3) is 0 Å². The Morgan fingerprint density at radius 1 is 1.00 bits per heavy atom. The van der Waals surface area contributed by atoms with Gasteiger partial charge in [0.15, 0.2) is 0 Å². The third kappa shape index (κ3) is 4.49. The van der Waals surface area contributed by atoms with Crippen molar-refractivity contribution in [1.29, 1.82) is 0 Å². The lowest BCUT2D eigenvalue weighted by molar-refractivity contribution is -0.185. The van der Waals surface area contributed by atoms with E-state index in [-0.39, 0.29) is 36.0 Å². The Hall–Kier alpha value is -2.46. The van der Waals surface area contributed by atoms with Gasteiger partial charge in [0.25, 0.3) is 0 Å². The van der Waals surface area contributed by atoms with Gasteiger partial charge < -0.3 is 14.5 Å². The molecule has 0 saturated carbocycles. The fraction of sp³-hybridized carbons (Fsp3) is 0.316. The number of nitrogens with zero attached hydrogens (tertiary/aromatic N) is 2. The van der Waals surface area contributed by atoms with E-state index in [0.717, 1.165) is 4.90 Å². The number of hydrogen-bond donors (Lipinski definition) is 0. The van der Waals surface area contributed by atoms with Crippen molar-refractivity contribution in [3.05, 3.63) is 47.5 Å². The highest BCUT2D eigenvalue weighted by atomic mass is 35.5. The Bertz CT molecular complexity index is 1030. The minimum atomic E-state index is -4.92. The predicted octanol–water partition coefficient (Wildman–Crippen LogP) is 3.39. The summed E-state index contributed by atoms with van der Waals surface area (Å²) in [7, 11) is -2.43. The zero-order chi connectivity index (χ0) is 22.1. The first kappa shape index (κ1) is 22.2. The van der Waals surface area contributed by atoms with Crippen LogP contribution in [0.1, 0.15) is 0 Å². The summed E-state index contributed by atoms with van der Waals surface area (Å²) in [5.74, 6) is -1.51. The van der Waals surface area contributed by atoms with E-state index in [1.54, 1.807) is 4.90 Å². The molecule has 1 saturated heterocycles. The molecule has 1 aliphatic heterocycles. The third-order valence-corrected chi connectivity index (χ3v) is 6.75. The van der Waals surface area contributed by atoms with Gasteiger partial charge >= 0.3 is 12.1 Å². The topological polar surface area (TPSA) is 66.9 Å².